The van der Waals surface area contributed by atoms with E-state index < -0.39 is 5.97 Å². The second-order valence-electron chi connectivity index (χ2n) is 4.32. The molecule has 0 saturated heterocycles. The van der Waals surface area contributed by atoms with Gasteiger partial charge in [-0.3, -0.25) is 14.8 Å². The van der Waals surface area contributed by atoms with Crippen molar-refractivity contribution in [2.24, 2.45) is 0 Å². The van der Waals surface area contributed by atoms with E-state index in [4.69, 9.17) is 5.11 Å². The number of rotatable bonds is 4. The van der Waals surface area contributed by atoms with E-state index >= 15 is 0 Å². The van der Waals surface area contributed by atoms with Crippen molar-refractivity contribution in [3.63, 3.8) is 0 Å². The summed E-state index contributed by atoms with van der Waals surface area (Å²) in [6.45, 7) is 1.84. The van der Waals surface area contributed by atoms with Gasteiger partial charge in [0.05, 0.1) is 5.56 Å². The second kappa shape index (κ2) is 6.42. The highest BCUT2D eigenvalue weighted by Crippen LogP contribution is 2.14. The maximum atomic E-state index is 12.1. The summed E-state index contributed by atoms with van der Waals surface area (Å²) < 4.78 is 0. The van der Waals surface area contributed by atoms with E-state index in [9.17, 15) is 9.59 Å². The van der Waals surface area contributed by atoms with Gasteiger partial charge in [-0.2, -0.15) is 0 Å². The van der Waals surface area contributed by atoms with Crippen LogP contribution < -0.4 is 5.32 Å². The van der Waals surface area contributed by atoms with E-state index in [2.05, 4.69) is 15.3 Å². The van der Waals surface area contributed by atoms with Gasteiger partial charge in [-0.15, -0.1) is 0 Å². The van der Waals surface area contributed by atoms with Crippen molar-refractivity contribution in [2.45, 2.75) is 6.92 Å². The second-order valence-corrected chi connectivity index (χ2v) is 4.32. The van der Waals surface area contributed by atoms with Crippen LogP contribution in [0.1, 0.15) is 21.5 Å². The molecule has 0 aliphatic heterocycles. The van der Waals surface area contributed by atoms with Crippen LogP contribution in [0, 0.1) is 6.92 Å². The molecular formula is C15H13N3O3. The highest BCUT2D eigenvalue weighted by atomic mass is 16.4. The monoisotopic (exact) mass is 283 g/mol. The van der Waals surface area contributed by atoms with Gasteiger partial charge < -0.3 is 10.4 Å². The summed E-state index contributed by atoms with van der Waals surface area (Å²) in [5.74, 6) is -1.38. The summed E-state index contributed by atoms with van der Waals surface area (Å²) >= 11 is 0. The van der Waals surface area contributed by atoms with Gasteiger partial charge in [0.15, 0.2) is 0 Å². The average molecular weight is 283 g/mol. The molecule has 0 saturated carbocycles. The van der Waals surface area contributed by atoms with Gasteiger partial charge in [0, 0.05) is 36.6 Å². The number of hydrogen-bond donors (Lipinski definition) is 2. The topological polar surface area (TPSA) is 92.2 Å². The molecule has 2 rings (SSSR count). The number of aliphatic carboxylic acids is 1. The average Bonchev–Trinajstić information content (AvgIpc) is 2.48. The van der Waals surface area contributed by atoms with Gasteiger partial charge in [-0.05, 0) is 36.3 Å². The van der Waals surface area contributed by atoms with Gasteiger partial charge >= 0.3 is 5.97 Å². The van der Waals surface area contributed by atoms with Crippen molar-refractivity contribution in [3.8, 4) is 0 Å². The zero-order valence-electron chi connectivity index (χ0n) is 11.3. The fourth-order valence-corrected chi connectivity index (χ4v) is 1.65. The molecule has 0 fully saturated rings. The predicted octanol–water partition coefficient (Wildman–Crippen LogP) is 2.14. The Morgan fingerprint density at radius 2 is 2.05 bits per heavy atom. The van der Waals surface area contributed by atoms with Crippen molar-refractivity contribution in [2.75, 3.05) is 5.32 Å². The molecule has 2 aromatic heterocycles. The summed E-state index contributed by atoms with van der Waals surface area (Å²) in [6, 6.07) is 3.27. The van der Waals surface area contributed by atoms with E-state index in [0.717, 1.165) is 11.6 Å². The van der Waals surface area contributed by atoms with Crippen molar-refractivity contribution in [1.29, 1.82) is 0 Å². The zero-order valence-corrected chi connectivity index (χ0v) is 11.3. The first kappa shape index (κ1) is 14.4. The van der Waals surface area contributed by atoms with Crippen LogP contribution in [-0.2, 0) is 4.79 Å². The van der Waals surface area contributed by atoms with Crippen LogP contribution in [0.2, 0.25) is 0 Å². The van der Waals surface area contributed by atoms with Gasteiger partial charge in [-0.1, -0.05) is 0 Å². The molecule has 0 aliphatic rings. The molecule has 1 amide bonds. The van der Waals surface area contributed by atoms with Crippen LogP contribution in [0.25, 0.3) is 6.08 Å². The Kier molecular flexibility index (Phi) is 4.40. The number of carbonyl (C=O) groups is 2. The van der Waals surface area contributed by atoms with Gasteiger partial charge in [0.1, 0.15) is 0 Å². The van der Waals surface area contributed by atoms with E-state index in [-0.39, 0.29) is 5.91 Å². The van der Waals surface area contributed by atoms with Crippen LogP contribution in [0.5, 0.6) is 0 Å². The number of anilines is 1. The Labute approximate surface area is 121 Å². The van der Waals surface area contributed by atoms with Crippen LogP contribution in [0.3, 0.4) is 0 Å². The van der Waals surface area contributed by atoms with Crippen molar-refractivity contribution in [1.82, 2.24) is 9.97 Å². The standard InChI is InChI=1S/C15H13N3O3/c1-10-7-16-5-4-13(10)18-15(21)12-6-11(8-17-9-12)2-3-14(19)20/h2-9H,1H3,(H,19,20)(H,16,18,21). The lowest BCUT2D eigenvalue weighted by Crippen LogP contribution is -2.13. The number of carboxylic acids is 1. The Morgan fingerprint density at radius 3 is 2.76 bits per heavy atom. The molecule has 21 heavy (non-hydrogen) atoms. The minimum absolute atomic E-state index is 0.317. The molecule has 0 unspecified atom stereocenters. The minimum atomic E-state index is -1.06. The lowest BCUT2D eigenvalue weighted by molar-refractivity contribution is -0.131. The Hall–Kier alpha value is -3.02. The first-order valence-electron chi connectivity index (χ1n) is 6.14. The Morgan fingerprint density at radius 1 is 1.24 bits per heavy atom. The first-order valence-corrected chi connectivity index (χ1v) is 6.14. The highest BCUT2D eigenvalue weighted by Gasteiger charge is 2.08. The summed E-state index contributed by atoms with van der Waals surface area (Å²) in [5, 5.41) is 11.3. The third-order valence-electron chi connectivity index (χ3n) is 2.71. The van der Waals surface area contributed by atoms with Crippen LogP contribution in [-0.4, -0.2) is 27.0 Å². The largest absolute Gasteiger partial charge is 0.478 e. The molecule has 0 atom stereocenters. The lowest BCUT2D eigenvalue weighted by Gasteiger charge is -2.07. The van der Waals surface area contributed by atoms with Crippen LogP contribution >= 0.6 is 0 Å². The number of aromatic nitrogens is 2. The van der Waals surface area contributed by atoms with Crippen LogP contribution in [0.15, 0.2) is 43.0 Å². The summed E-state index contributed by atoms with van der Waals surface area (Å²) in [7, 11) is 0. The summed E-state index contributed by atoms with van der Waals surface area (Å²) in [6.07, 6.45) is 8.51. The molecule has 6 heteroatoms. The highest BCUT2D eigenvalue weighted by molar-refractivity contribution is 6.04. The molecule has 0 radical (unpaired) electrons. The molecule has 2 heterocycles. The Bertz CT molecular complexity index is 711. The third-order valence-corrected chi connectivity index (χ3v) is 2.71. The van der Waals surface area contributed by atoms with E-state index in [0.29, 0.717) is 16.8 Å². The lowest BCUT2D eigenvalue weighted by atomic mass is 10.1. The molecule has 2 aromatic rings. The molecule has 0 bridgehead atoms. The number of carboxylic acid groups (broad SMARTS) is 1. The van der Waals surface area contributed by atoms with E-state index in [1.54, 1.807) is 24.5 Å². The van der Waals surface area contributed by atoms with Gasteiger partial charge in [-0.25, -0.2) is 4.79 Å². The smallest absolute Gasteiger partial charge is 0.328 e. The quantitative estimate of drug-likeness (QED) is 0.839. The third kappa shape index (κ3) is 3.97. The van der Waals surface area contributed by atoms with Crippen LogP contribution in [0.4, 0.5) is 5.69 Å². The number of amides is 1. The number of nitrogens with one attached hydrogen (secondary N) is 1. The van der Waals surface area contributed by atoms with Crippen molar-refractivity contribution < 1.29 is 14.7 Å². The molecule has 0 spiro atoms. The molecule has 0 aliphatic carbocycles. The first-order chi connectivity index (χ1) is 10.1. The number of hydrogen-bond acceptors (Lipinski definition) is 4. The zero-order chi connectivity index (χ0) is 15.2. The Balaban J connectivity index is 2.18. The number of aryl methyl sites for hydroxylation is 1. The molecule has 0 aromatic carbocycles. The van der Waals surface area contributed by atoms with Crippen molar-refractivity contribution >= 4 is 23.6 Å². The maximum absolute atomic E-state index is 12.1. The summed E-state index contributed by atoms with van der Waals surface area (Å²) in [4.78, 5) is 30.5. The van der Waals surface area contributed by atoms with E-state index in [1.807, 2.05) is 6.92 Å². The molecule has 2 N–H and O–H groups in total. The fourth-order valence-electron chi connectivity index (χ4n) is 1.65. The normalized spacial score (nSPS) is 10.5. The maximum Gasteiger partial charge on any atom is 0.328 e. The SMILES string of the molecule is Cc1cnccc1NC(=O)c1cncc(C=CC(=O)O)c1. The fraction of sp³-hybridized carbons (Fsp3) is 0.0667. The summed E-state index contributed by atoms with van der Waals surface area (Å²) in [5.41, 5.74) is 2.40. The predicted molar refractivity (Wildman–Crippen MR) is 77.8 cm³/mol. The van der Waals surface area contributed by atoms with Gasteiger partial charge in [0.25, 0.3) is 5.91 Å². The molecule has 106 valence electrons. The van der Waals surface area contributed by atoms with Crippen molar-refractivity contribution in [3.05, 3.63) is 59.7 Å². The number of nitrogens with zero attached hydrogens (tertiary/aromatic N) is 2. The minimum Gasteiger partial charge on any atom is -0.478 e. The number of carbonyl (C=O) groups excluding carboxylic acids is 1. The number of pyridine rings is 2. The van der Waals surface area contributed by atoms with E-state index in [1.165, 1.54) is 18.5 Å². The molecular weight excluding hydrogens is 270 g/mol. The van der Waals surface area contributed by atoms with Gasteiger partial charge in [0.2, 0.25) is 0 Å². The molecule has 6 nitrogen and oxygen atoms in total.